The number of methoxy groups -OCH3 is 1. The third kappa shape index (κ3) is 3.17. The summed E-state index contributed by atoms with van der Waals surface area (Å²) < 4.78 is 8.08. The molecule has 0 aliphatic carbocycles. The fourth-order valence-electron chi connectivity index (χ4n) is 2.98. The Morgan fingerprint density at radius 2 is 2.00 bits per heavy atom. The highest BCUT2D eigenvalue weighted by molar-refractivity contribution is 9.10. The lowest BCUT2D eigenvalue weighted by Crippen LogP contribution is -1.97. The number of ether oxygens (including phenoxy) is 1. The van der Waals surface area contributed by atoms with E-state index < -0.39 is 5.97 Å². The zero-order chi connectivity index (χ0) is 19.0. The zero-order valence-electron chi connectivity index (χ0n) is 14.3. The van der Waals surface area contributed by atoms with Crippen LogP contribution in [-0.2, 0) is 0 Å². The molecule has 4 aromatic rings. The number of rotatable bonds is 4. The number of hydrogen-bond acceptors (Lipinski definition) is 4. The molecule has 0 saturated heterocycles. The van der Waals surface area contributed by atoms with Crippen molar-refractivity contribution in [3.05, 3.63) is 71.2 Å². The lowest BCUT2D eigenvalue weighted by Gasteiger charge is -2.11. The van der Waals surface area contributed by atoms with Crippen molar-refractivity contribution in [2.24, 2.45) is 0 Å². The number of nitrogens with zero attached hydrogens (tertiary/aromatic N) is 3. The van der Waals surface area contributed by atoms with Crippen molar-refractivity contribution < 1.29 is 14.6 Å². The number of imidazole rings is 1. The van der Waals surface area contributed by atoms with Crippen molar-refractivity contribution in [2.45, 2.75) is 0 Å². The van der Waals surface area contributed by atoms with Gasteiger partial charge in [0.2, 0.25) is 0 Å². The Bertz CT molecular complexity index is 1170. The molecule has 134 valence electrons. The average molecular weight is 424 g/mol. The van der Waals surface area contributed by atoms with Gasteiger partial charge in [-0.3, -0.25) is 4.57 Å². The maximum Gasteiger partial charge on any atom is 0.335 e. The van der Waals surface area contributed by atoms with Crippen LogP contribution in [0.15, 0.2) is 65.7 Å². The molecule has 0 spiro atoms. The highest BCUT2D eigenvalue weighted by Gasteiger charge is 2.12. The van der Waals surface area contributed by atoms with Crippen molar-refractivity contribution >= 4 is 32.9 Å². The molecular formula is C20H14BrN3O3. The molecule has 0 saturated carbocycles. The third-order valence-electron chi connectivity index (χ3n) is 4.28. The van der Waals surface area contributed by atoms with E-state index in [1.807, 2.05) is 34.9 Å². The van der Waals surface area contributed by atoms with Crippen LogP contribution in [0.1, 0.15) is 10.4 Å². The Hall–Kier alpha value is -3.19. The summed E-state index contributed by atoms with van der Waals surface area (Å²) in [5.41, 5.74) is 4.47. The average Bonchev–Trinajstić information content (AvgIpc) is 3.11. The first kappa shape index (κ1) is 17.2. The Kier molecular flexibility index (Phi) is 4.37. The van der Waals surface area contributed by atoms with Crippen LogP contribution in [0.3, 0.4) is 0 Å². The largest absolute Gasteiger partial charge is 0.494 e. The molecule has 4 rings (SSSR count). The van der Waals surface area contributed by atoms with Gasteiger partial charge in [0.05, 0.1) is 29.9 Å². The van der Waals surface area contributed by atoms with E-state index in [0.717, 1.165) is 26.9 Å². The summed E-state index contributed by atoms with van der Waals surface area (Å²) in [6.07, 6.45) is 3.36. The number of aromatic carboxylic acids is 1. The number of carboxylic acids is 1. The van der Waals surface area contributed by atoms with Crippen LogP contribution in [0.5, 0.6) is 5.75 Å². The summed E-state index contributed by atoms with van der Waals surface area (Å²) in [6, 6.07) is 14.8. The molecule has 0 radical (unpaired) electrons. The van der Waals surface area contributed by atoms with Gasteiger partial charge in [-0.2, -0.15) is 0 Å². The molecule has 2 aromatic carbocycles. The van der Waals surface area contributed by atoms with Crippen LogP contribution >= 0.6 is 15.9 Å². The normalized spacial score (nSPS) is 10.9. The number of carboxylic acid groups (broad SMARTS) is 1. The molecule has 2 aromatic heterocycles. The molecule has 0 bridgehead atoms. The van der Waals surface area contributed by atoms with Gasteiger partial charge in [-0.25, -0.2) is 14.8 Å². The Morgan fingerprint density at radius 3 is 2.78 bits per heavy atom. The van der Waals surface area contributed by atoms with Gasteiger partial charge < -0.3 is 9.84 Å². The number of carbonyl (C=O) groups is 1. The fraction of sp³-hybridized carbons (Fsp3) is 0.0500. The second-order valence-corrected chi connectivity index (χ2v) is 6.69. The molecule has 7 heteroatoms. The first-order valence-corrected chi connectivity index (χ1v) is 8.87. The quantitative estimate of drug-likeness (QED) is 0.486. The van der Waals surface area contributed by atoms with Gasteiger partial charge in [0.25, 0.3) is 0 Å². The van der Waals surface area contributed by atoms with Crippen molar-refractivity contribution in [3.63, 3.8) is 0 Å². The van der Waals surface area contributed by atoms with E-state index in [4.69, 9.17) is 9.84 Å². The molecule has 0 aliphatic rings. The lowest BCUT2D eigenvalue weighted by molar-refractivity contribution is 0.0697. The Morgan fingerprint density at radius 1 is 1.15 bits per heavy atom. The van der Waals surface area contributed by atoms with E-state index in [9.17, 15) is 4.79 Å². The van der Waals surface area contributed by atoms with E-state index >= 15 is 0 Å². The number of benzene rings is 2. The molecule has 0 atom stereocenters. The molecule has 27 heavy (non-hydrogen) atoms. The number of pyridine rings is 1. The van der Waals surface area contributed by atoms with Crippen molar-refractivity contribution in [1.82, 2.24) is 14.5 Å². The van der Waals surface area contributed by atoms with Gasteiger partial charge in [-0.15, -0.1) is 0 Å². The maximum atomic E-state index is 11.2. The minimum atomic E-state index is -0.969. The molecule has 0 aliphatic heterocycles. The van der Waals surface area contributed by atoms with Crippen molar-refractivity contribution in [1.29, 1.82) is 0 Å². The predicted molar refractivity (Wildman–Crippen MR) is 106 cm³/mol. The zero-order valence-corrected chi connectivity index (χ0v) is 15.8. The summed E-state index contributed by atoms with van der Waals surface area (Å²) in [5, 5.41) is 9.15. The second-order valence-electron chi connectivity index (χ2n) is 5.88. The summed E-state index contributed by atoms with van der Waals surface area (Å²) in [6.45, 7) is 0. The summed E-state index contributed by atoms with van der Waals surface area (Å²) in [5.74, 6) is -0.291. The van der Waals surface area contributed by atoms with Gasteiger partial charge in [-0.1, -0.05) is 12.1 Å². The van der Waals surface area contributed by atoms with Gasteiger partial charge in [-0.05, 0) is 57.9 Å². The monoisotopic (exact) mass is 423 g/mol. The first-order chi connectivity index (χ1) is 13.1. The van der Waals surface area contributed by atoms with E-state index in [2.05, 4.69) is 25.9 Å². The summed E-state index contributed by atoms with van der Waals surface area (Å²) in [4.78, 5) is 19.7. The molecule has 2 heterocycles. The van der Waals surface area contributed by atoms with Gasteiger partial charge in [0.1, 0.15) is 16.7 Å². The molecule has 0 fully saturated rings. The van der Waals surface area contributed by atoms with Crippen LogP contribution in [-0.4, -0.2) is 32.7 Å². The first-order valence-electron chi connectivity index (χ1n) is 8.07. The molecule has 0 amide bonds. The molecule has 6 nitrogen and oxygen atoms in total. The minimum Gasteiger partial charge on any atom is -0.494 e. The minimum absolute atomic E-state index is 0.216. The number of fused-ring (bicyclic) bond motifs is 1. The predicted octanol–water partition coefficient (Wildman–Crippen LogP) is 4.56. The van der Waals surface area contributed by atoms with E-state index in [-0.39, 0.29) is 5.56 Å². The van der Waals surface area contributed by atoms with Crippen molar-refractivity contribution in [3.8, 4) is 22.6 Å². The van der Waals surface area contributed by atoms with Crippen LogP contribution in [0, 0.1) is 0 Å². The highest BCUT2D eigenvalue weighted by atomic mass is 79.9. The van der Waals surface area contributed by atoms with Crippen LogP contribution in [0.2, 0.25) is 0 Å². The third-order valence-corrected chi connectivity index (χ3v) is 4.72. The van der Waals surface area contributed by atoms with Crippen LogP contribution in [0.25, 0.3) is 27.8 Å². The number of hydrogen-bond donors (Lipinski definition) is 1. The summed E-state index contributed by atoms with van der Waals surface area (Å²) >= 11 is 3.40. The number of halogens is 1. The topological polar surface area (TPSA) is 77.2 Å². The number of aromatic nitrogens is 3. The second kappa shape index (κ2) is 6.85. The Balaban J connectivity index is 1.83. The van der Waals surface area contributed by atoms with Gasteiger partial charge >= 0.3 is 5.97 Å². The van der Waals surface area contributed by atoms with Crippen molar-refractivity contribution in [2.75, 3.05) is 7.11 Å². The smallest absolute Gasteiger partial charge is 0.335 e. The lowest BCUT2D eigenvalue weighted by atomic mass is 10.1. The molecule has 0 unspecified atom stereocenters. The molecular weight excluding hydrogens is 410 g/mol. The highest BCUT2D eigenvalue weighted by Crippen LogP contribution is 2.32. The Labute approximate surface area is 163 Å². The van der Waals surface area contributed by atoms with E-state index in [0.29, 0.717) is 11.3 Å². The summed E-state index contributed by atoms with van der Waals surface area (Å²) in [7, 11) is 1.61. The molecule has 1 N–H and O–H groups in total. The van der Waals surface area contributed by atoms with E-state index in [1.165, 1.54) is 0 Å². The van der Waals surface area contributed by atoms with Gasteiger partial charge in [0, 0.05) is 11.3 Å². The SMILES string of the molecule is COc1cnc(Br)cc1-c1cccc(-n2cnc3cc(C(=O)O)ccc32)c1. The van der Waals surface area contributed by atoms with Crippen LogP contribution < -0.4 is 4.74 Å². The van der Waals surface area contributed by atoms with Gasteiger partial charge in [0.15, 0.2) is 0 Å². The van der Waals surface area contributed by atoms with Crippen LogP contribution in [0.4, 0.5) is 0 Å². The standard InChI is InChI=1S/C20H14BrN3O3/c1-27-18-10-22-19(21)9-15(18)12-3-2-4-14(7-12)24-11-23-16-8-13(20(25)26)5-6-17(16)24/h2-11H,1H3,(H,25,26). The maximum absolute atomic E-state index is 11.2. The fourth-order valence-corrected chi connectivity index (χ4v) is 3.31. The van der Waals surface area contributed by atoms with E-state index in [1.54, 1.807) is 37.8 Å².